The lowest BCUT2D eigenvalue weighted by Crippen LogP contribution is -2.51. The van der Waals surface area contributed by atoms with Gasteiger partial charge in [0.15, 0.2) is 0 Å². The molecule has 35 heavy (non-hydrogen) atoms. The van der Waals surface area contributed by atoms with E-state index < -0.39 is 60.7 Å². The summed E-state index contributed by atoms with van der Waals surface area (Å²) in [6.45, 7) is -0.755. The van der Waals surface area contributed by atoms with E-state index in [1.807, 2.05) is 0 Å². The van der Waals surface area contributed by atoms with Gasteiger partial charge < -0.3 is 14.7 Å². The number of hydrogen-bond acceptors (Lipinski definition) is 5. The minimum Gasteiger partial charge on any atom is -0.427 e. The quantitative estimate of drug-likeness (QED) is 0.556. The smallest absolute Gasteiger partial charge is 0.418 e. The highest BCUT2D eigenvalue weighted by atomic mass is 79.9. The fraction of sp³-hybridized carbons (Fsp3) is 0.348. The monoisotopic (exact) mass is 558 g/mol. The summed E-state index contributed by atoms with van der Waals surface area (Å²) >= 11 is 3.26. The van der Waals surface area contributed by atoms with Crippen molar-refractivity contribution < 1.29 is 41.8 Å². The Labute approximate surface area is 205 Å². The molecule has 1 fully saturated rings. The zero-order chi connectivity index (χ0) is 25.7. The van der Waals surface area contributed by atoms with Gasteiger partial charge in [0.05, 0.1) is 6.10 Å². The van der Waals surface area contributed by atoms with Gasteiger partial charge in [-0.3, -0.25) is 9.59 Å². The molecule has 2 aliphatic rings. The zero-order valence-electron chi connectivity index (χ0n) is 18.2. The van der Waals surface area contributed by atoms with Crippen molar-refractivity contribution in [3.8, 4) is 0 Å². The largest absolute Gasteiger partial charge is 0.427 e. The summed E-state index contributed by atoms with van der Waals surface area (Å²) in [4.78, 5) is 39.8. The first-order chi connectivity index (χ1) is 16.3. The average Bonchev–Trinajstić information content (AvgIpc) is 3.19. The van der Waals surface area contributed by atoms with Gasteiger partial charge in [-0.2, -0.15) is 13.2 Å². The van der Waals surface area contributed by atoms with Crippen molar-refractivity contribution >= 4 is 33.8 Å². The maximum atomic E-state index is 13.5. The van der Waals surface area contributed by atoms with Crippen molar-refractivity contribution in [2.75, 3.05) is 6.54 Å². The number of imide groups is 1. The third kappa shape index (κ3) is 4.52. The van der Waals surface area contributed by atoms with Crippen LogP contribution in [0.4, 0.5) is 22.4 Å². The van der Waals surface area contributed by atoms with Gasteiger partial charge in [-0.05, 0) is 42.3 Å². The molecule has 3 atom stereocenters. The number of aliphatic hydroxyl groups is 1. The lowest BCUT2D eigenvalue weighted by Gasteiger charge is -2.31. The first kappa shape index (κ1) is 25.1. The van der Waals surface area contributed by atoms with Gasteiger partial charge in [0.2, 0.25) is 11.5 Å². The Morgan fingerprint density at radius 1 is 1.26 bits per heavy atom. The molecule has 0 bridgehead atoms. The van der Waals surface area contributed by atoms with Gasteiger partial charge >= 0.3 is 12.3 Å². The fourth-order valence-electron chi connectivity index (χ4n) is 4.28. The second kappa shape index (κ2) is 8.90. The molecule has 0 unspecified atom stereocenters. The molecule has 1 aliphatic heterocycles. The van der Waals surface area contributed by atoms with Crippen LogP contribution in [0.1, 0.15) is 36.1 Å². The van der Waals surface area contributed by atoms with Gasteiger partial charge in [0.25, 0.3) is 5.91 Å². The molecular formula is C23H19BrF4N2O5. The van der Waals surface area contributed by atoms with Crippen molar-refractivity contribution in [2.24, 2.45) is 0 Å². The maximum absolute atomic E-state index is 13.5. The van der Waals surface area contributed by atoms with Gasteiger partial charge in [-0.15, -0.1) is 0 Å². The van der Waals surface area contributed by atoms with Gasteiger partial charge in [0.1, 0.15) is 18.4 Å². The Bertz CT molecular complexity index is 1190. The molecular weight excluding hydrogens is 540 g/mol. The van der Waals surface area contributed by atoms with Crippen LogP contribution in [0.5, 0.6) is 0 Å². The van der Waals surface area contributed by atoms with Crippen LogP contribution in [-0.2, 0) is 26.5 Å². The highest BCUT2D eigenvalue weighted by Gasteiger charge is 2.61. The van der Waals surface area contributed by atoms with Crippen LogP contribution >= 0.6 is 15.9 Å². The van der Waals surface area contributed by atoms with Gasteiger partial charge in [-0.1, -0.05) is 34.1 Å². The number of halogens is 5. The number of benzene rings is 2. The molecule has 0 aromatic heterocycles. The van der Waals surface area contributed by atoms with E-state index in [1.165, 1.54) is 18.2 Å². The van der Waals surface area contributed by atoms with Crippen LogP contribution in [-0.4, -0.2) is 51.6 Å². The normalized spacial score (nSPS) is 22.4. The lowest BCUT2D eigenvalue weighted by atomic mass is 9.95. The highest BCUT2D eigenvalue weighted by Crippen LogP contribution is 2.50. The maximum Gasteiger partial charge on any atom is 0.418 e. The van der Waals surface area contributed by atoms with Crippen molar-refractivity contribution in [3.05, 3.63) is 69.4 Å². The highest BCUT2D eigenvalue weighted by molar-refractivity contribution is 9.10. The molecule has 3 amide bonds. The van der Waals surface area contributed by atoms with Crippen LogP contribution < -0.4 is 0 Å². The molecule has 1 spiro atoms. The Morgan fingerprint density at radius 3 is 2.54 bits per heavy atom. The summed E-state index contributed by atoms with van der Waals surface area (Å²) in [7, 11) is 0. The topological polar surface area (TPSA) is 87.2 Å². The number of fused-ring (bicyclic) bond motifs is 2. The molecule has 12 heteroatoms. The van der Waals surface area contributed by atoms with Crippen LogP contribution in [0.25, 0.3) is 0 Å². The summed E-state index contributed by atoms with van der Waals surface area (Å²) in [6.07, 6.45) is -7.41. The predicted octanol–water partition coefficient (Wildman–Crippen LogP) is 4.18. The molecule has 1 N–H and O–H groups in total. The van der Waals surface area contributed by atoms with E-state index in [-0.39, 0.29) is 17.5 Å². The Morgan fingerprint density at radius 2 is 1.91 bits per heavy atom. The van der Waals surface area contributed by atoms with Crippen LogP contribution in [0.3, 0.4) is 0 Å². The van der Waals surface area contributed by atoms with E-state index in [2.05, 4.69) is 15.9 Å². The van der Waals surface area contributed by atoms with Crippen molar-refractivity contribution in [1.82, 2.24) is 9.80 Å². The summed E-state index contributed by atoms with van der Waals surface area (Å²) in [5.41, 5.74) is -1.05. The second-order valence-corrected chi connectivity index (χ2v) is 9.32. The molecule has 2 aromatic rings. The SMILES string of the molecule is C[C@H](N(Cc1ccc(F)cc1)C(=O)CN1C(=O)O[C@@]2(C[C@H](O)c3cc(Br)ccc32)C1=O)C(F)(F)F. The molecule has 7 nitrogen and oxygen atoms in total. The fourth-order valence-corrected chi connectivity index (χ4v) is 4.66. The number of rotatable bonds is 5. The summed E-state index contributed by atoms with van der Waals surface area (Å²) in [5.74, 6) is -2.70. The summed E-state index contributed by atoms with van der Waals surface area (Å²) < 4.78 is 59.7. The number of hydrogen-bond donors (Lipinski definition) is 1. The molecule has 2 aromatic carbocycles. The van der Waals surface area contributed by atoms with Crippen LogP contribution in [0, 0.1) is 5.82 Å². The average molecular weight is 559 g/mol. The minimum atomic E-state index is -4.80. The number of ether oxygens (including phenoxy) is 1. The Kier molecular flexibility index (Phi) is 6.39. The number of amides is 3. The van der Waals surface area contributed by atoms with E-state index in [1.54, 1.807) is 12.1 Å². The molecule has 1 saturated heterocycles. The molecule has 1 heterocycles. The third-order valence-electron chi connectivity index (χ3n) is 6.18. The molecule has 1 aliphatic carbocycles. The van der Waals surface area contributed by atoms with Gasteiger partial charge in [-0.25, -0.2) is 14.1 Å². The van der Waals surface area contributed by atoms with Gasteiger partial charge in [0, 0.05) is 23.0 Å². The summed E-state index contributed by atoms with van der Waals surface area (Å²) in [6, 6.07) is 6.95. The standard InChI is InChI=1S/C23H19BrF4N2O5/c1-12(23(26,27)28)29(10-13-2-5-15(25)6-3-13)19(32)11-30-20(33)22(35-21(30)34)9-18(31)16-8-14(24)4-7-17(16)22/h2-8,12,18,31H,9-11H2,1H3/t12-,18-,22+/m0/s1. The number of carbonyl (C=O) groups is 3. The van der Waals surface area contributed by atoms with E-state index in [9.17, 15) is 37.1 Å². The zero-order valence-corrected chi connectivity index (χ0v) is 19.8. The lowest BCUT2D eigenvalue weighted by molar-refractivity contribution is -0.187. The Hall–Kier alpha value is -2.99. The van der Waals surface area contributed by atoms with E-state index >= 15 is 0 Å². The number of alkyl halides is 3. The Balaban J connectivity index is 1.60. The first-order valence-electron chi connectivity index (χ1n) is 10.5. The second-order valence-electron chi connectivity index (χ2n) is 8.40. The molecule has 186 valence electrons. The third-order valence-corrected chi connectivity index (χ3v) is 6.68. The predicted molar refractivity (Wildman–Crippen MR) is 116 cm³/mol. The van der Waals surface area contributed by atoms with E-state index in [0.29, 0.717) is 19.8 Å². The van der Waals surface area contributed by atoms with Crippen molar-refractivity contribution in [2.45, 2.75) is 43.8 Å². The number of carbonyl (C=O) groups excluding carboxylic acids is 3. The number of aliphatic hydroxyl groups excluding tert-OH is 1. The number of nitrogens with zero attached hydrogens (tertiary/aromatic N) is 2. The van der Waals surface area contributed by atoms with E-state index in [4.69, 9.17) is 4.74 Å². The first-order valence-corrected chi connectivity index (χ1v) is 11.3. The summed E-state index contributed by atoms with van der Waals surface area (Å²) in [5, 5.41) is 10.4. The van der Waals surface area contributed by atoms with E-state index in [0.717, 1.165) is 19.1 Å². The van der Waals surface area contributed by atoms with Crippen LogP contribution in [0.15, 0.2) is 46.9 Å². The van der Waals surface area contributed by atoms with Crippen molar-refractivity contribution in [3.63, 3.8) is 0 Å². The minimum absolute atomic E-state index is 0.223. The molecule has 4 rings (SSSR count). The molecule has 0 radical (unpaired) electrons. The molecule has 0 saturated carbocycles. The van der Waals surface area contributed by atoms with Crippen LogP contribution in [0.2, 0.25) is 0 Å². The van der Waals surface area contributed by atoms with Crippen molar-refractivity contribution in [1.29, 1.82) is 0 Å².